The minimum absolute atomic E-state index is 0.000296. The molecule has 0 aliphatic rings. The summed E-state index contributed by atoms with van der Waals surface area (Å²) in [6.45, 7) is 0. The van der Waals surface area contributed by atoms with E-state index in [-0.39, 0.29) is 24.7 Å². The van der Waals surface area contributed by atoms with Crippen molar-refractivity contribution >= 4 is 46.1 Å². The second-order valence-corrected chi connectivity index (χ2v) is 6.63. The molecule has 0 fully saturated rings. The summed E-state index contributed by atoms with van der Waals surface area (Å²) >= 11 is 6.00. The van der Waals surface area contributed by atoms with Crippen LogP contribution in [0.2, 0.25) is 5.02 Å². The molecule has 0 aromatic heterocycles. The fourth-order valence-electron chi connectivity index (χ4n) is 2.81. The van der Waals surface area contributed by atoms with E-state index in [1.165, 1.54) is 0 Å². The molecule has 29 heavy (non-hydrogen) atoms. The predicted octanol–water partition coefficient (Wildman–Crippen LogP) is 4.37. The molecule has 2 N–H and O–H groups in total. The number of nitrogens with one attached hydrogen (secondary N) is 2. The number of ether oxygens (including phenoxy) is 1. The summed E-state index contributed by atoms with van der Waals surface area (Å²) in [6.07, 6.45) is 1.56. The van der Waals surface area contributed by atoms with E-state index in [0.29, 0.717) is 16.5 Å². The minimum Gasteiger partial charge on any atom is -0.496 e. The molecule has 3 rings (SSSR count). The zero-order valence-corrected chi connectivity index (χ0v) is 16.6. The Morgan fingerprint density at radius 2 is 1.72 bits per heavy atom. The van der Waals surface area contributed by atoms with Crippen LogP contribution >= 0.6 is 11.6 Å². The number of anilines is 1. The Balaban J connectivity index is 1.57. The summed E-state index contributed by atoms with van der Waals surface area (Å²) in [7, 11) is 1.58. The number of rotatable bonds is 7. The van der Waals surface area contributed by atoms with Gasteiger partial charge in [-0.25, -0.2) is 5.43 Å². The Hall–Kier alpha value is -3.38. The van der Waals surface area contributed by atoms with Gasteiger partial charge in [-0.05, 0) is 29.0 Å². The van der Waals surface area contributed by atoms with Gasteiger partial charge >= 0.3 is 0 Å². The van der Waals surface area contributed by atoms with E-state index < -0.39 is 0 Å². The number of hydrogen-bond acceptors (Lipinski definition) is 4. The maximum Gasteiger partial charge on any atom is 0.240 e. The number of nitrogens with zero attached hydrogens (tertiary/aromatic N) is 1. The van der Waals surface area contributed by atoms with Gasteiger partial charge in [-0.1, -0.05) is 54.1 Å². The highest BCUT2D eigenvalue weighted by atomic mass is 35.5. The summed E-state index contributed by atoms with van der Waals surface area (Å²) in [5, 5.41) is 9.14. The molecular weight excluding hydrogens is 390 g/mol. The van der Waals surface area contributed by atoms with E-state index in [1.54, 1.807) is 37.6 Å². The van der Waals surface area contributed by atoms with Crippen LogP contribution in [0.4, 0.5) is 5.69 Å². The zero-order chi connectivity index (χ0) is 20.6. The van der Waals surface area contributed by atoms with Crippen LogP contribution in [0.3, 0.4) is 0 Å². The van der Waals surface area contributed by atoms with Gasteiger partial charge in [0, 0.05) is 18.4 Å². The van der Waals surface area contributed by atoms with Crippen molar-refractivity contribution in [2.75, 3.05) is 12.4 Å². The molecule has 0 aliphatic carbocycles. The molecule has 0 radical (unpaired) electrons. The number of methoxy groups -OCH3 is 1. The number of fused-ring (bicyclic) bond motifs is 1. The molecule has 0 saturated carbocycles. The number of amides is 2. The number of hydrogen-bond donors (Lipinski definition) is 2. The lowest BCUT2D eigenvalue weighted by atomic mass is 10.0. The lowest BCUT2D eigenvalue weighted by Gasteiger charge is -2.08. The predicted molar refractivity (Wildman–Crippen MR) is 116 cm³/mol. The molecule has 148 valence electrons. The van der Waals surface area contributed by atoms with Crippen molar-refractivity contribution in [3.8, 4) is 5.75 Å². The Morgan fingerprint density at radius 3 is 2.52 bits per heavy atom. The van der Waals surface area contributed by atoms with Crippen molar-refractivity contribution < 1.29 is 14.3 Å². The number of hydrazone groups is 1. The molecule has 3 aromatic rings. The van der Waals surface area contributed by atoms with Gasteiger partial charge in [-0.2, -0.15) is 5.10 Å². The number of carbonyl (C=O) groups excluding carboxylic acids is 2. The first kappa shape index (κ1) is 20.4. The molecule has 0 bridgehead atoms. The number of carbonyl (C=O) groups is 2. The standard InChI is InChI=1S/C22H20ClN3O3/c1-29-20-11-10-15-6-2-3-7-16(15)17(20)14-24-26-22(28)13-12-21(27)25-19-9-5-4-8-18(19)23/h2-11,14H,12-13H2,1H3,(H,25,27)(H,26,28). The third kappa shape index (κ3) is 5.33. The molecule has 0 atom stereocenters. The molecule has 0 unspecified atom stereocenters. The summed E-state index contributed by atoms with van der Waals surface area (Å²) in [5.41, 5.74) is 3.73. The minimum atomic E-state index is -0.366. The van der Waals surface area contributed by atoms with Crippen molar-refractivity contribution in [3.63, 3.8) is 0 Å². The fraction of sp³-hybridized carbons (Fsp3) is 0.136. The van der Waals surface area contributed by atoms with Crippen LogP contribution in [0.15, 0.2) is 65.8 Å². The fourth-order valence-corrected chi connectivity index (χ4v) is 3.00. The van der Waals surface area contributed by atoms with E-state index in [0.717, 1.165) is 16.3 Å². The highest BCUT2D eigenvalue weighted by molar-refractivity contribution is 6.33. The maximum absolute atomic E-state index is 12.0. The summed E-state index contributed by atoms with van der Waals surface area (Å²) < 4.78 is 5.39. The molecule has 3 aromatic carbocycles. The Kier molecular flexibility index (Phi) is 6.81. The van der Waals surface area contributed by atoms with Crippen molar-refractivity contribution in [1.29, 1.82) is 0 Å². The molecular formula is C22H20ClN3O3. The quantitative estimate of drug-likeness (QED) is 0.449. The van der Waals surface area contributed by atoms with Crippen LogP contribution in [0, 0.1) is 0 Å². The van der Waals surface area contributed by atoms with Crippen molar-refractivity contribution in [2.24, 2.45) is 5.10 Å². The van der Waals surface area contributed by atoms with Gasteiger partial charge in [-0.15, -0.1) is 0 Å². The van der Waals surface area contributed by atoms with Crippen LogP contribution < -0.4 is 15.5 Å². The van der Waals surface area contributed by atoms with Crippen LogP contribution in [-0.4, -0.2) is 25.1 Å². The van der Waals surface area contributed by atoms with Gasteiger partial charge in [0.05, 0.1) is 24.0 Å². The summed E-state index contributed by atoms with van der Waals surface area (Å²) in [5.74, 6) is -0.0106. The molecule has 6 nitrogen and oxygen atoms in total. The van der Waals surface area contributed by atoms with Crippen molar-refractivity contribution in [1.82, 2.24) is 5.43 Å². The first-order chi connectivity index (χ1) is 14.1. The second-order valence-electron chi connectivity index (χ2n) is 6.22. The third-order valence-electron chi connectivity index (χ3n) is 4.26. The van der Waals surface area contributed by atoms with Crippen LogP contribution in [0.25, 0.3) is 10.8 Å². The summed E-state index contributed by atoms with van der Waals surface area (Å²) in [4.78, 5) is 24.0. The Morgan fingerprint density at radius 1 is 1.00 bits per heavy atom. The first-order valence-electron chi connectivity index (χ1n) is 9.00. The van der Waals surface area contributed by atoms with E-state index in [2.05, 4.69) is 15.8 Å². The first-order valence-corrected chi connectivity index (χ1v) is 9.38. The molecule has 0 spiro atoms. The van der Waals surface area contributed by atoms with Gasteiger partial charge in [-0.3, -0.25) is 9.59 Å². The molecule has 7 heteroatoms. The largest absolute Gasteiger partial charge is 0.496 e. The monoisotopic (exact) mass is 409 g/mol. The SMILES string of the molecule is COc1ccc2ccccc2c1C=NNC(=O)CCC(=O)Nc1ccccc1Cl. The number of para-hydroxylation sites is 1. The van der Waals surface area contributed by atoms with E-state index in [9.17, 15) is 9.59 Å². The molecule has 0 aliphatic heterocycles. The summed E-state index contributed by atoms with van der Waals surface area (Å²) in [6, 6.07) is 18.6. The van der Waals surface area contributed by atoms with Crippen molar-refractivity contribution in [3.05, 3.63) is 71.2 Å². The Labute approximate surface area is 173 Å². The second kappa shape index (κ2) is 9.71. The molecule has 0 heterocycles. The average Bonchev–Trinajstić information content (AvgIpc) is 2.74. The lowest BCUT2D eigenvalue weighted by molar-refractivity contribution is -0.124. The van der Waals surface area contributed by atoms with Gasteiger partial charge in [0.1, 0.15) is 5.75 Å². The smallest absolute Gasteiger partial charge is 0.240 e. The Bertz CT molecular complexity index is 1070. The highest BCUT2D eigenvalue weighted by Gasteiger charge is 2.09. The average molecular weight is 410 g/mol. The van der Waals surface area contributed by atoms with Gasteiger partial charge in [0.25, 0.3) is 0 Å². The molecule has 2 amide bonds. The third-order valence-corrected chi connectivity index (χ3v) is 4.59. The van der Waals surface area contributed by atoms with E-state index in [4.69, 9.17) is 16.3 Å². The number of benzene rings is 3. The van der Waals surface area contributed by atoms with Gasteiger partial charge in [0.2, 0.25) is 11.8 Å². The van der Waals surface area contributed by atoms with Crippen LogP contribution in [0.5, 0.6) is 5.75 Å². The number of halogens is 1. The van der Waals surface area contributed by atoms with Gasteiger partial charge < -0.3 is 10.1 Å². The molecule has 0 saturated heterocycles. The van der Waals surface area contributed by atoms with E-state index in [1.807, 2.05) is 36.4 Å². The van der Waals surface area contributed by atoms with Gasteiger partial charge in [0.15, 0.2) is 0 Å². The normalized spacial score (nSPS) is 10.8. The maximum atomic E-state index is 12.0. The topological polar surface area (TPSA) is 79.8 Å². The van der Waals surface area contributed by atoms with Crippen LogP contribution in [-0.2, 0) is 9.59 Å². The lowest BCUT2D eigenvalue weighted by Crippen LogP contribution is -2.20. The van der Waals surface area contributed by atoms with Crippen LogP contribution in [0.1, 0.15) is 18.4 Å². The zero-order valence-electron chi connectivity index (χ0n) is 15.8. The van der Waals surface area contributed by atoms with Crippen molar-refractivity contribution in [2.45, 2.75) is 12.8 Å². The van der Waals surface area contributed by atoms with E-state index >= 15 is 0 Å². The highest BCUT2D eigenvalue weighted by Crippen LogP contribution is 2.26.